The zero-order chi connectivity index (χ0) is 21.5. The van der Waals surface area contributed by atoms with Crippen LogP contribution in [-0.4, -0.2) is 55.2 Å². The molecule has 0 saturated carbocycles. The van der Waals surface area contributed by atoms with Crippen LogP contribution in [0.2, 0.25) is 0 Å². The number of ether oxygens (including phenoxy) is 1. The molecule has 10 heteroatoms. The lowest BCUT2D eigenvalue weighted by atomic mass is 10.1. The van der Waals surface area contributed by atoms with Crippen LogP contribution in [-0.2, 0) is 37.4 Å². The fourth-order valence-corrected chi connectivity index (χ4v) is 3.68. The number of nitrogens with zero attached hydrogens (tertiary/aromatic N) is 7. The monoisotopic (exact) mass is 423 g/mol. The van der Waals surface area contributed by atoms with Gasteiger partial charge in [0, 0.05) is 26.1 Å². The molecule has 1 atom stereocenters. The lowest BCUT2D eigenvalue weighted by Crippen LogP contribution is -2.47. The number of aromatic nitrogens is 6. The van der Waals surface area contributed by atoms with Crippen molar-refractivity contribution in [1.29, 1.82) is 0 Å². The second-order valence-electron chi connectivity index (χ2n) is 7.55. The van der Waals surface area contributed by atoms with Gasteiger partial charge in [0.15, 0.2) is 11.8 Å². The SMILES string of the molecule is CCNC(=NCc1cccc(Cn2cncn2)c1)NC1CCc2nc(COC)nn2C1. The van der Waals surface area contributed by atoms with Crippen LogP contribution < -0.4 is 10.6 Å². The highest BCUT2D eigenvalue weighted by molar-refractivity contribution is 5.80. The molecule has 164 valence electrons. The van der Waals surface area contributed by atoms with Gasteiger partial charge in [-0.2, -0.15) is 10.2 Å². The molecule has 2 aromatic heterocycles. The minimum Gasteiger partial charge on any atom is -0.377 e. The van der Waals surface area contributed by atoms with Gasteiger partial charge < -0.3 is 15.4 Å². The molecule has 31 heavy (non-hydrogen) atoms. The quantitative estimate of drug-likeness (QED) is 0.413. The summed E-state index contributed by atoms with van der Waals surface area (Å²) in [5, 5.41) is 15.6. The zero-order valence-electron chi connectivity index (χ0n) is 18.0. The number of aliphatic imine (C=N–C) groups is 1. The second kappa shape index (κ2) is 10.2. The largest absolute Gasteiger partial charge is 0.377 e. The first-order chi connectivity index (χ1) is 15.2. The van der Waals surface area contributed by atoms with Crippen LogP contribution in [0.4, 0.5) is 0 Å². The summed E-state index contributed by atoms with van der Waals surface area (Å²) in [5.41, 5.74) is 2.33. The third-order valence-corrected chi connectivity index (χ3v) is 5.08. The van der Waals surface area contributed by atoms with Crippen molar-refractivity contribution in [2.45, 2.75) is 52.0 Å². The molecule has 1 aromatic carbocycles. The van der Waals surface area contributed by atoms with Crippen LogP contribution in [0.25, 0.3) is 0 Å². The van der Waals surface area contributed by atoms with Crippen LogP contribution in [0.15, 0.2) is 41.9 Å². The molecular formula is C21H29N9O. The number of aryl methyl sites for hydroxylation is 1. The summed E-state index contributed by atoms with van der Waals surface area (Å²) in [6, 6.07) is 8.66. The Morgan fingerprint density at radius 3 is 3.03 bits per heavy atom. The molecule has 0 bridgehead atoms. The van der Waals surface area contributed by atoms with Crippen LogP contribution in [0.3, 0.4) is 0 Å². The van der Waals surface area contributed by atoms with E-state index in [0.29, 0.717) is 19.7 Å². The van der Waals surface area contributed by atoms with Gasteiger partial charge in [0.2, 0.25) is 0 Å². The van der Waals surface area contributed by atoms with Gasteiger partial charge in [0.05, 0.1) is 19.6 Å². The predicted octanol–water partition coefficient (Wildman–Crippen LogP) is 1.13. The standard InChI is InChI=1S/C21H29N9O/c1-3-23-21(26-18-7-8-20-27-19(13-31-2)28-30(20)12-18)24-10-16-5-4-6-17(9-16)11-29-15-22-14-25-29/h4-6,9,14-15,18H,3,7-8,10-13H2,1-2H3,(H2,23,24,26). The van der Waals surface area contributed by atoms with Crippen LogP contribution in [0.1, 0.15) is 36.1 Å². The van der Waals surface area contributed by atoms with Gasteiger partial charge in [-0.05, 0) is 24.5 Å². The maximum Gasteiger partial charge on any atom is 0.191 e. The van der Waals surface area contributed by atoms with E-state index in [9.17, 15) is 0 Å². The van der Waals surface area contributed by atoms with Crippen LogP contribution in [0.5, 0.6) is 0 Å². The van der Waals surface area contributed by atoms with E-state index >= 15 is 0 Å². The van der Waals surface area contributed by atoms with Crippen molar-refractivity contribution in [3.05, 3.63) is 59.7 Å². The first-order valence-electron chi connectivity index (χ1n) is 10.6. The van der Waals surface area contributed by atoms with E-state index in [0.717, 1.165) is 49.1 Å². The Bertz CT molecular complexity index is 996. The molecule has 1 aliphatic heterocycles. The van der Waals surface area contributed by atoms with Crippen molar-refractivity contribution in [2.24, 2.45) is 4.99 Å². The van der Waals surface area contributed by atoms with E-state index in [1.807, 2.05) is 9.36 Å². The molecule has 3 aromatic rings. The number of nitrogens with one attached hydrogen (secondary N) is 2. The number of rotatable bonds is 8. The molecule has 0 saturated heterocycles. The Balaban J connectivity index is 1.38. The van der Waals surface area contributed by atoms with Gasteiger partial charge in [-0.3, -0.25) is 0 Å². The van der Waals surface area contributed by atoms with E-state index in [-0.39, 0.29) is 6.04 Å². The number of methoxy groups -OCH3 is 1. The smallest absolute Gasteiger partial charge is 0.191 e. The summed E-state index contributed by atoms with van der Waals surface area (Å²) in [6.07, 6.45) is 5.15. The van der Waals surface area contributed by atoms with Crippen LogP contribution in [0, 0.1) is 0 Å². The summed E-state index contributed by atoms with van der Waals surface area (Å²) >= 11 is 0. The van der Waals surface area contributed by atoms with Crippen molar-refractivity contribution in [3.63, 3.8) is 0 Å². The Morgan fingerprint density at radius 1 is 1.32 bits per heavy atom. The molecule has 1 aliphatic rings. The Labute approximate surface area is 181 Å². The Morgan fingerprint density at radius 2 is 2.23 bits per heavy atom. The third kappa shape index (κ3) is 5.66. The van der Waals surface area contributed by atoms with Gasteiger partial charge in [0.25, 0.3) is 0 Å². The Hall–Kier alpha value is -3.27. The first-order valence-corrected chi connectivity index (χ1v) is 10.6. The summed E-state index contributed by atoms with van der Waals surface area (Å²) in [6.45, 7) is 5.38. The summed E-state index contributed by atoms with van der Waals surface area (Å²) in [7, 11) is 1.66. The van der Waals surface area contributed by atoms with Crippen LogP contribution >= 0.6 is 0 Å². The third-order valence-electron chi connectivity index (χ3n) is 5.08. The number of hydrogen-bond acceptors (Lipinski definition) is 6. The van der Waals surface area contributed by atoms with E-state index in [4.69, 9.17) is 9.73 Å². The van der Waals surface area contributed by atoms with E-state index < -0.39 is 0 Å². The van der Waals surface area contributed by atoms with E-state index in [2.05, 4.69) is 62.0 Å². The highest BCUT2D eigenvalue weighted by Gasteiger charge is 2.22. The maximum absolute atomic E-state index is 5.15. The van der Waals surface area contributed by atoms with Gasteiger partial charge in [-0.15, -0.1) is 0 Å². The molecule has 0 spiro atoms. The van der Waals surface area contributed by atoms with Gasteiger partial charge in [0.1, 0.15) is 25.1 Å². The lowest BCUT2D eigenvalue weighted by molar-refractivity contribution is 0.177. The first kappa shape index (κ1) is 21.0. The van der Waals surface area contributed by atoms with Crippen molar-refractivity contribution >= 4 is 5.96 Å². The molecule has 0 radical (unpaired) electrons. The van der Waals surface area contributed by atoms with Crippen molar-refractivity contribution < 1.29 is 4.74 Å². The van der Waals surface area contributed by atoms with Crippen molar-refractivity contribution in [3.8, 4) is 0 Å². The molecule has 3 heterocycles. The molecule has 2 N–H and O–H groups in total. The summed E-state index contributed by atoms with van der Waals surface area (Å²) in [5.74, 6) is 2.58. The predicted molar refractivity (Wildman–Crippen MR) is 116 cm³/mol. The average molecular weight is 424 g/mol. The Kier molecular flexibility index (Phi) is 6.88. The lowest BCUT2D eigenvalue weighted by Gasteiger charge is -2.25. The molecule has 4 rings (SSSR count). The van der Waals surface area contributed by atoms with Gasteiger partial charge in [-0.1, -0.05) is 24.3 Å². The molecule has 0 amide bonds. The van der Waals surface area contributed by atoms with Crippen molar-refractivity contribution in [1.82, 2.24) is 40.2 Å². The fraction of sp³-hybridized carbons (Fsp3) is 0.476. The minimum absolute atomic E-state index is 0.251. The molecule has 1 unspecified atom stereocenters. The highest BCUT2D eigenvalue weighted by atomic mass is 16.5. The zero-order valence-corrected chi connectivity index (χ0v) is 18.0. The number of hydrogen-bond donors (Lipinski definition) is 2. The number of fused-ring (bicyclic) bond motifs is 1. The van der Waals surface area contributed by atoms with E-state index in [1.165, 1.54) is 5.56 Å². The topological polar surface area (TPSA) is 107 Å². The highest BCUT2D eigenvalue weighted by Crippen LogP contribution is 2.14. The van der Waals surface area contributed by atoms with E-state index in [1.54, 1.807) is 19.8 Å². The van der Waals surface area contributed by atoms with Crippen molar-refractivity contribution in [2.75, 3.05) is 13.7 Å². The number of benzene rings is 1. The summed E-state index contributed by atoms with van der Waals surface area (Å²) in [4.78, 5) is 13.3. The fourth-order valence-electron chi connectivity index (χ4n) is 3.68. The average Bonchev–Trinajstić information content (AvgIpc) is 3.42. The molecular weight excluding hydrogens is 394 g/mol. The van der Waals surface area contributed by atoms with Gasteiger partial charge >= 0.3 is 0 Å². The molecule has 10 nitrogen and oxygen atoms in total. The molecule has 0 aliphatic carbocycles. The second-order valence-corrected chi connectivity index (χ2v) is 7.55. The molecule has 0 fully saturated rings. The van der Waals surface area contributed by atoms with Gasteiger partial charge in [-0.25, -0.2) is 24.3 Å². The summed E-state index contributed by atoms with van der Waals surface area (Å²) < 4.78 is 8.94. The maximum atomic E-state index is 5.15. The minimum atomic E-state index is 0.251. The normalized spacial score (nSPS) is 16.2. The number of guanidine groups is 1.